The smallest absolute Gasteiger partial charge is 0.270 e. The Labute approximate surface area is 168 Å². The van der Waals surface area contributed by atoms with E-state index in [0.29, 0.717) is 39.2 Å². The normalized spacial score (nSPS) is 11.0. The zero-order valence-electron chi connectivity index (χ0n) is 15.5. The lowest BCUT2D eigenvalue weighted by Gasteiger charge is -2.14. The number of aryl methyl sites for hydroxylation is 1. The molecule has 0 fully saturated rings. The molecule has 148 valence electrons. The molecule has 2 N–H and O–H groups in total. The molecule has 0 atom stereocenters. The number of nitrogens with one attached hydrogen (secondary N) is 2. The summed E-state index contributed by atoms with van der Waals surface area (Å²) in [7, 11) is 1.52. The van der Waals surface area contributed by atoms with Crippen LogP contribution >= 0.6 is 11.8 Å². The number of carbonyl (C=O) groups is 1. The van der Waals surface area contributed by atoms with Crippen molar-refractivity contribution < 1.29 is 14.1 Å². The number of anilines is 1. The van der Waals surface area contributed by atoms with E-state index in [4.69, 9.17) is 9.26 Å². The summed E-state index contributed by atoms with van der Waals surface area (Å²) in [6, 6.07) is 8.70. The fourth-order valence-electron chi connectivity index (χ4n) is 2.73. The summed E-state index contributed by atoms with van der Waals surface area (Å²) in [5.74, 6) is 1.11. The highest BCUT2D eigenvalue weighted by atomic mass is 32.2. The Balaban J connectivity index is 1.69. The van der Waals surface area contributed by atoms with Crippen molar-refractivity contribution in [3.05, 3.63) is 52.6 Å². The monoisotopic (exact) mass is 412 g/mol. The average molecular weight is 412 g/mol. The molecule has 0 bridgehead atoms. The van der Waals surface area contributed by atoms with Gasteiger partial charge in [-0.25, -0.2) is 4.98 Å². The highest BCUT2D eigenvalue weighted by molar-refractivity contribution is 7.99. The number of ether oxygens (including phenoxy) is 1. The number of aromatic nitrogens is 5. The first-order chi connectivity index (χ1) is 14.1. The molecular weight excluding hydrogens is 396 g/mol. The largest absolute Gasteiger partial charge is 0.495 e. The number of carbonyl (C=O) groups excluding carboxylic acids is 1. The second-order valence-electron chi connectivity index (χ2n) is 6.00. The van der Waals surface area contributed by atoms with E-state index >= 15 is 0 Å². The molecule has 1 amide bonds. The summed E-state index contributed by atoms with van der Waals surface area (Å²) in [6.45, 7) is 1.73. The minimum atomic E-state index is -0.316. The summed E-state index contributed by atoms with van der Waals surface area (Å²) in [6.07, 6.45) is 1.42. The van der Waals surface area contributed by atoms with Crippen LogP contribution < -0.4 is 15.6 Å². The number of hydrogen-bond donors (Lipinski definition) is 2. The maximum absolute atomic E-state index is 13.1. The van der Waals surface area contributed by atoms with Crippen LogP contribution in [0.5, 0.6) is 5.75 Å². The maximum Gasteiger partial charge on any atom is 0.270 e. The highest BCUT2D eigenvalue weighted by Crippen LogP contribution is 2.26. The van der Waals surface area contributed by atoms with Gasteiger partial charge < -0.3 is 14.6 Å². The summed E-state index contributed by atoms with van der Waals surface area (Å²) >= 11 is 1.11. The Morgan fingerprint density at radius 1 is 1.38 bits per heavy atom. The van der Waals surface area contributed by atoms with Crippen molar-refractivity contribution in [2.24, 2.45) is 0 Å². The van der Waals surface area contributed by atoms with Gasteiger partial charge in [0.15, 0.2) is 16.6 Å². The Bertz CT molecular complexity index is 1240. The number of amides is 1. The van der Waals surface area contributed by atoms with Gasteiger partial charge in [-0.1, -0.05) is 29.1 Å². The molecule has 4 rings (SSSR count). The van der Waals surface area contributed by atoms with Crippen molar-refractivity contribution in [3.8, 4) is 11.4 Å². The first-order valence-corrected chi connectivity index (χ1v) is 9.51. The molecule has 10 nitrogen and oxygen atoms in total. The molecule has 0 saturated carbocycles. The number of para-hydroxylation sites is 2. The number of hydrogen-bond acceptors (Lipinski definition) is 8. The van der Waals surface area contributed by atoms with E-state index in [0.717, 1.165) is 11.8 Å². The van der Waals surface area contributed by atoms with Crippen molar-refractivity contribution >= 4 is 34.5 Å². The van der Waals surface area contributed by atoms with E-state index in [1.54, 1.807) is 37.3 Å². The number of rotatable bonds is 6. The Hall–Kier alpha value is -3.60. The van der Waals surface area contributed by atoms with Gasteiger partial charge in [0.25, 0.3) is 5.56 Å². The molecule has 1 aromatic carbocycles. The lowest BCUT2D eigenvalue weighted by Crippen LogP contribution is -2.23. The van der Waals surface area contributed by atoms with Crippen LogP contribution in [0.1, 0.15) is 5.76 Å². The lowest BCUT2D eigenvalue weighted by molar-refractivity contribution is -0.113. The topological polar surface area (TPSA) is 128 Å². The molecule has 29 heavy (non-hydrogen) atoms. The number of benzene rings is 1. The molecule has 0 radical (unpaired) electrons. The Morgan fingerprint density at radius 2 is 2.21 bits per heavy atom. The van der Waals surface area contributed by atoms with E-state index in [1.165, 1.54) is 17.9 Å². The molecular formula is C18H16N6O4S. The quantitative estimate of drug-likeness (QED) is 0.364. The van der Waals surface area contributed by atoms with Gasteiger partial charge in [-0.2, -0.15) is 5.10 Å². The summed E-state index contributed by atoms with van der Waals surface area (Å²) in [5, 5.41) is 13.6. The van der Waals surface area contributed by atoms with Crippen LogP contribution in [0.25, 0.3) is 16.7 Å². The molecule has 3 aromatic heterocycles. The van der Waals surface area contributed by atoms with Crippen LogP contribution in [-0.4, -0.2) is 43.7 Å². The van der Waals surface area contributed by atoms with E-state index in [2.05, 4.69) is 25.7 Å². The molecule has 0 aliphatic heterocycles. The van der Waals surface area contributed by atoms with Gasteiger partial charge in [-0.15, -0.1) is 0 Å². The lowest BCUT2D eigenvalue weighted by atomic mass is 10.3. The third-order valence-electron chi connectivity index (χ3n) is 4.01. The van der Waals surface area contributed by atoms with Crippen LogP contribution in [-0.2, 0) is 4.79 Å². The number of methoxy groups -OCH3 is 1. The van der Waals surface area contributed by atoms with E-state index in [9.17, 15) is 9.59 Å². The van der Waals surface area contributed by atoms with E-state index in [1.807, 2.05) is 0 Å². The number of H-pyrrole nitrogens is 1. The zero-order chi connectivity index (χ0) is 20.4. The fourth-order valence-corrected chi connectivity index (χ4v) is 3.53. The minimum absolute atomic E-state index is 0.00708. The number of aromatic amines is 1. The fraction of sp³-hybridized carbons (Fsp3) is 0.167. The molecule has 3 heterocycles. The first kappa shape index (κ1) is 18.7. The van der Waals surface area contributed by atoms with Crippen molar-refractivity contribution in [1.82, 2.24) is 24.9 Å². The van der Waals surface area contributed by atoms with Crippen LogP contribution in [0, 0.1) is 6.92 Å². The number of nitrogens with zero attached hydrogens (tertiary/aromatic N) is 4. The van der Waals surface area contributed by atoms with E-state index < -0.39 is 0 Å². The Kier molecular flexibility index (Phi) is 5.04. The van der Waals surface area contributed by atoms with Gasteiger partial charge in [0.2, 0.25) is 5.91 Å². The molecule has 0 aliphatic carbocycles. The third-order valence-corrected chi connectivity index (χ3v) is 4.94. The van der Waals surface area contributed by atoms with Crippen LogP contribution in [0.2, 0.25) is 0 Å². The van der Waals surface area contributed by atoms with Crippen molar-refractivity contribution in [2.45, 2.75) is 12.1 Å². The average Bonchev–Trinajstić information content (AvgIpc) is 3.35. The number of fused-ring (bicyclic) bond motifs is 1. The predicted molar refractivity (Wildman–Crippen MR) is 107 cm³/mol. The van der Waals surface area contributed by atoms with Crippen molar-refractivity contribution in [1.29, 1.82) is 0 Å². The molecule has 0 spiro atoms. The van der Waals surface area contributed by atoms with Crippen LogP contribution in [0.4, 0.5) is 5.82 Å². The van der Waals surface area contributed by atoms with E-state index in [-0.39, 0.29) is 17.2 Å². The van der Waals surface area contributed by atoms with Gasteiger partial charge in [0.05, 0.1) is 24.7 Å². The predicted octanol–water partition coefficient (Wildman–Crippen LogP) is 2.14. The molecule has 0 saturated heterocycles. The van der Waals surface area contributed by atoms with Crippen LogP contribution in [0.3, 0.4) is 0 Å². The van der Waals surface area contributed by atoms with Gasteiger partial charge in [0, 0.05) is 6.07 Å². The minimum Gasteiger partial charge on any atom is -0.495 e. The standard InChI is InChI=1S/C18H16N6O4S/c1-10-7-14(23-28-10)20-15(25)9-29-18-21-16-11(8-19-22-16)17(26)24(18)12-5-3-4-6-13(12)27-2/h3-8H,9H2,1-2H3,(H,19,22)(H,20,23,25). The van der Waals surface area contributed by atoms with Crippen molar-refractivity contribution in [2.75, 3.05) is 18.2 Å². The molecule has 11 heteroatoms. The summed E-state index contributed by atoms with van der Waals surface area (Å²) in [5.41, 5.74) is 0.546. The highest BCUT2D eigenvalue weighted by Gasteiger charge is 2.18. The molecule has 0 aliphatic rings. The third kappa shape index (κ3) is 3.72. The first-order valence-electron chi connectivity index (χ1n) is 8.52. The molecule has 0 unspecified atom stereocenters. The number of thioether (sulfide) groups is 1. The van der Waals surface area contributed by atoms with Gasteiger partial charge in [-0.3, -0.25) is 19.3 Å². The summed E-state index contributed by atoms with van der Waals surface area (Å²) < 4.78 is 11.7. The second-order valence-corrected chi connectivity index (χ2v) is 6.94. The SMILES string of the molecule is COc1ccccc1-n1c(SCC(=O)Nc2cc(C)on2)nc2[nH]ncc2c1=O. The zero-order valence-corrected chi connectivity index (χ0v) is 16.3. The van der Waals surface area contributed by atoms with Gasteiger partial charge in [0.1, 0.15) is 16.9 Å². The molecule has 4 aromatic rings. The van der Waals surface area contributed by atoms with Gasteiger partial charge >= 0.3 is 0 Å². The van der Waals surface area contributed by atoms with Gasteiger partial charge in [-0.05, 0) is 19.1 Å². The summed E-state index contributed by atoms with van der Waals surface area (Å²) in [4.78, 5) is 29.8. The van der Waals surface area contributed by atoms with Crippen LogP contribution in [0.15, 0.2) is 51.0 Å². The Morgan fingerprint density at radius 3 is 2.97 bits per heavy atom. The second kappa shape index (κ2) is 7.80. The van der Waals surface area contributed by atoms with Crippen molar-refractivity contribution in [3.63, 3.8) is 0 Å². The maximum atomic E-state index is 13.1.